The highest BCUT2D eigenvalue weighted by Gasteiger charge is 2.36. The zero-order valence-electron chi connectivity index (χ0n) is 19.4. The molecule has 0 spiro atoms. The maximum atomic E-state index is 11.7. The van der Waals surface area contributed by atoms with Crippen LogP contribution in [-0.2, 0) is 9.47 Å². The summed E-state index contributed by atoms with van der Waals surface area (Å²) in [5.41, 5.74) is -0.994. The van der Waals surface area contributed by atoms with Gasteiger partial charge in [0.25, 0.3) is 0 Å². The highest BCUT2D eigenvalue weighted by atomic mass is 16.6. The van der Waals surface area contributed by atoms with Crippen molar-refractivity contribution in [1.82, 2.24) is 9.80 Å². The van der Waals surface area contributed by atoms with Crippen molar-refractivity contribution >= 4 is 12.2 Å². The van der Waals surface area contributed by atoms with E-state index in [1.165, 1.54) is 4.90 Å². The summed E-state index contributed by atoms with van der Waals surface area (Å²) in [4.78, 5) is 26.3. The van der Waals surface area contributed by atoms with Gasteiger partial charge in [0.05, 0.1) is 31.9 Å². The Balaban J connectivity index is 0.000000300. The van der Waals surface area contributed by atoms with E-state index in [4.69, 9.17) is 14.6 Å². The number of aliphatic hydroxyl groups is 3. The molecule has 9 nitrogen and oxygen atoms in total. The summed E-state index contributed by atoms with van der Waals surface area (Å²) in [5, 5.41) is 28.1. The quantitative estimate of drug-likeness (QED) is 0.609. The first-order valence-corrected chi connectivity index (χ1v) is 10.6. The highest BCUT2D eigenvalue weighted by Crippen LogP contribution is 2.22. The molecule has 2 rings (SSSR count). The topological polar surface area (TPSA) is 120 Å². The second-order valence-corrected chi connectivity index (χ2v) is 10.0. The minimum atomic E-state index is -0.650. The number of β-amino-alcohol motifs (C(OH)–C–C–N with tert-alkyl or cyclic N) is 2. The Labute approximate surface area is 179 Å². The number of aliphatic hydroxyl groups excluding tert-OH is 3. The van der Waals surface area contributed by atoms with E-state index in [-0.39, 0.29) is 31.1 Å². The maximum Gasteiger partial charge on any atom is 0.410 e. The summed E-state index contributed by atoms with van der Waals surface area (Å²) in [5.74, 6) is -0.0602. The molecule has 2 aliphatic rings. The normalized spacial score (nSPS) is 26.9. The molecule has 0 aromatic carbocycles. The van der Waals surface area contributed by atoms with E-state index in [2.05, 4.69) is 0 Å². The second kappa shape index (κ2) is 10.6. The average molecular weight is 433 g/mol. The molecular weight excluding hydrogens is 392 g/mol. The smallest absolute Gasteiger partial charge is 0.410 e. The number of carbonyl (C=O) groups is 2. The van der Waals surface area contributed by atoms with E-state index in [0.717, 1.165) is 6.42 Å². The van der Waals surface area contributed by atoms with Gasteiger partial charge in [-0.2, -0.15) is 0 Å². The van der Waals surface area contributed by atoms with Crippen LogP contribution in [-0.4, -0.2) is 93.5 Å². The Morgan fingerprint density at radius 1 is 0.800 bits per heavy atom. The Morgan fingerprint density at radius 3 is 1.43 bits per heavy atom. The zero-order chi connectivity index (χ0) is 23.3. The molecule has 30 heavy (non-hydrogen) atoms. The van der Waals surface area contributed by atoms with Gasteiger partial charge in [0.15, 0.2) is 0 Å². The number of amides is 2. The zero-order valence-corrected chi connectivity index (χ0v) is 19.4. The third-order valence-electron chi connectivity index (χ3n) is 4.88. The van der Waals surface area contributed by atoms with Crippen molar-refractivity contribution in [3.63, 3.8) is 0 Å². The van der Waals surface area contributed by atoms with Crippen LogP contribution in [0, 0.1) is 11.8 Å². The van der Waals surface area contributed by atoms with E-state index in [1.807, 2.05) is 27.7 Å². The van der Waals surface area contributed by atoms with Crippen LogP contribution in [0.5, 0.6) is 0 Å². The van der Waals surface area contributed by atoms with Crippen molar-refractivity contribution in [3.05, 3.63) is 0 Å². The molecule has 2 amide bonds. The predicted molar refractivity (Wildman–Crippen MR) is 112 cm³/mol. The predicted octanol–water partition coefficient (Wildman–Crippen LogP) is 1.83. The van der Waals surface area contributed by atoms with Crippen LogP contribution in [0.2, 0.25) is 0 Å². The van der Waals surface area contributed by atoms with Crippen molar-refractivity contribution in [2.75, 3.05) is 32.8 Å². The number of likely N-dealkylation sites (tertiary alicyclic amines) is 2. The van der Waals surface area contributed by atoms with E-state index in [9.17, 15) is 19.8 Å². The Kier molecular flexibility index (Phi) is 9.38. The monoisotopic (exact) mass is 432 g/mol. The van der Waals surface area contributed by atoms with Gasteiger partial charge in [-0.1, -0.05) is 6.92 Å². The van der Waals surface area contributed by atoms with Crippen molar-refractivity contribution in [2.45, 2.75) is 78.3 Å². The molecule has 0 aromatic rings. The van der Waals surface area contributed by atoms with Crippen LogP contribution < -0.4 is 0 Å². The van der Waals surface area contributed by atoms with Crippen LogP contribution in [0.25, 0.3) is 0 Å². The minimum Gasteiger partial charge on any atom is -0.444 e. The van der Waals surface area contributed by atoms with Gasteiger partial charge in [-0.15, -0.1) is 0 Å². The maximum absolute atomic E-state index is 11.7. The lowest BCUT2D eigenvalue weighted by Gasteiger charge is -2.24. The van der Waals surface area contributed by atoms with E-state index in [0.29, 0.717) is 19.6 Å². The number of nitrogens with zero attached hydrogens (tertiary/aromatic N) is 2. The lowest BCUT2D eigenvalue weighted by Crippen LogP contribution is -2.35. The SMILES string of the molecule is CC(C)(C)OC(=O)N1C[C@H](CO)[C@@H](O)C1.CC[C@H]1CN(C(=O)OC(C)(C)C)C[C@@H]1O. The summed E-state index contributed by atoms with van der Waals surface area (Å²) >= 11 is 0. The van der Waals surface area contributed by atoms with Gasteiger partial charge in [0, 0.05) is 24.9 Å². The minimum absolute atomic E-state index is 0.111. The number of carbonyl (C=O) groups excluding carboxylic acids is 2. The van der Waals surface area contributed by atoms with Gasteiger partial charge in [0.1, 0.15) is 11.2 Å². The van der Waals surface area contributed by atoms with Crippen LogP contribution in [0.1, 0.15) is 54.9 Å². The standard InChI is InChI=1S/C11H21NO3.C10H19NO4/c1-5-8-6-12(7-9(8)13)10(14)15-11(2,3)4;1-10(2,3)15-9(14)11-4-7(6-12)8(13)5-11/h8-9,13H,5-7H2,1-4H3;7-8,12-13H,4-6H2,1-3H3/t8-,9-;7-,8+/m01/s1. The van der Waals surface area contributed by atoms with E-state index >= 15 is 0 Å². The van der Waals surface area contributed by atoms with Crippen molar-refractivity contribution in [2.24, 2.45) is 11.8 Å². The summed E-state index contributed by atoms with van der Waals surface area (Å²) in [7, 11) is 0. The summed E-state index contributed by atoms with van der Waals surface area (Å²) < 4.78 is 10.4. The Bertz CT molecular complexity index is 521. The molecule has 9 heteroatoms. The second-order valence-electron chi connectivity index (χ2n) is 10.0. The van der Waals surface area contributed by atoms with Crippen LogP contribution in [0.3, 0.4) is 0 Å². The summed E-state index contributed by atoms with van der Waals surface area (Å²) in [6, 6.07) is 0. The molecule has 0 radical (unpaired) electrons. The van der Waals surface area contributed by atoms with Gasteiger partial charge in [-0.05, 0) is 48.0 Å². The number of ether oxygens (including phenoxy) is 2. The lowest BCUT2D eigenvalue weighted by molar-refractivity contribution is 0.0260. The third-order valence-corrected chi connectivity index (χ3v) is 4.88. The third kappa shape index (κ3) is 8.65. The molecule has 0 saturated carbocycles. The number of hydrogen-bond donors (Lipinski definition) is 3. The number of rotatable bonds is 2. The van der Waals surface area contributed by atoms with Gasteiger partial charge >= 0.3 is 12.2 Å². The fourth-order valence-corrected chi connectivity index (χ4v) is 3.24. The van der Waals surface area contributed by atoms with Crippen molar-refractivity contribution in [3.8, 4) is 0 Å². The lowest BCUT2D eigenvalue weighted by atomic mass is 10.0. The summed E-state index contributed by atoms with van der Waals surface area (Å²) in [6.07, 6.45) is -0.916. The average Bonchev–Trinajstić information content (AvgIpc) is 3.15. The molecule has 2 fully saturated rings. The molecule has 2 heterocycles. The molecule has 0 aliphatic carbocycles. The summed E-state index contributed by atoms with van der Waals surface area (Å²) in [6.45, 7) is 14.4. The molecule has 0 aromatic heterocycles. The first-order chi connectivity index (χ1) is 13.7. The molecule has 4 atom stereocenters. The van der Waals surface area contributed by atoms with Crippen LogP contribution >= 0.6 is 0 Å². The van der Waals surface area contributed by atoms with Gasteiger partial charge < -0.3 is 34.6 Å². The van der Waals surface area contributed by atoms with Crippen LogP contribution in [0.15, 0.2) is 0 Å². The first-order valence-electron chi connectivity index (χ1n) is 10.6. The van der Waals surface area contributed by atoms with Crippen LogP contribution in [0.4, 0.5) is 9.59 Å². The molecule has 2 aliphatic heterocycles. The highest BCUT2D eigenvalue weighted by molar-refractivity contribution is 5.69. The molecule has 2 saturated heterocycles. The fourth-order valence-electron chi connectivity index (χ4n) is 3.24. The van der Waals surface area contributed by atoms with Gasteiger partial charge in [-0.25, -0.2) is 9.59 Å². The molecular formula is C21H40N2O7. The molecule has 0 bridgehead atoms. The van der Waals surface area contributed by atoms with Crippen molar-refractivity contribution in [1.29, 1.82) is 0 Å². The Morgan fingerprint density at radius 2 is 1.17 bits per heavy atom. The molecule has 0 unspecified atom stereocenters. The van der Waals surface area contributed by atoms with E-state index in [1.54, 1.807) is 25.7 Å². The number of hydrogen-bond acceptors (Lipinski definition) is 7. The van der Waals surface area contributed by atoms with Crippen molar-refractivity contribution < 1.29 is 34.4 Å². The van der Waals surface area contributed by atoms with Gasteiger partial charge in [-0.3, -0.25) is 0 Å². The largest absolute Gasteiger partial charge is 0.444 e. The first kappa shape index (κ1) is 26.5. The molecule has 3 N–H and O–H groups in total. The molecule has 176 valence electrons. The van der Waals surface area contributed by atoms with E-state index < -0.39 is 29.5 Å². The Hall–Kier alpha value is -1.58. The fraction of sp³-hybridized carbons (Fsp3) is 0.905. The van der Waals surface area contributed by atoms with Gasteiger partial charge in [0.2, 0.25) is 0 Å².